The van der Waals surface area contributed by atoms with Crippen molar-refractivity contribution in [1.29, 1.82) is 0 Å². The number of hydrogen-bond acceptors (Lipinski definition) is 4. The van der Waals surface area contributed by atoms with Gasteiger partial charge in [0.1, 0.15) is 6.04 Å². The van der Waals surface area contributed by atoms with E-state index in [2.05, 4.69) is 21.3 Å². The first kappa shape index (κ1) is 27.1. The number of halogens is 1. The lowest BCUT2D eigenvalue weighted by molar-refractivity contribution is -0.127. The molecule has 4 aromatic rings. The summed E-state index contributed by atoms with van der Waals surface area (Å²) < 4.78 is 0. The maximum atomic E-state index is 13.7. The zero-order valence-corrected chi connectivity index (χ0v) is 22.9. The molecule has 1 aliphatic heterocycles. The summed E-state index contributed by atoms with van der Waals surface area (Å²) in [5, 5.41) is 12.8. The zero-order valence-electron chi connectivity index (χ0n) is 21.3. The van der Waals surface area contributed by atoms with E-state index in [0.29, 0.717) is 22.8 Å². The molecule has 0 fully saturated rings. The first-order chi connectivity index (χ1) is 19.5. The second kappa shape index (κ2) is 12.5. The number of para-hydroxylation sites is 2. The Morgan fingerprint density at radius 3 is 2.27 bits per heavy atom. The Labute approximate surface area is 242 Å². The Morgan fingerprint density at radius 1 is 0.900 bits per heavy atom. The average Bonchev–Trinajstić information content (AvgIpc) is 3.10. The van der Waals surface area contributed by atoms with Crippen molar-refractivity contribution in [3.8, 4) is 0 Å². The van der Waals surface area contributed by atoms with Crippen LogP contribution in [0.25, 0.3) is 0 Å². The van der Waals surface area contributed by atoms with E-state index >= 15 is 0 Å². The predicted octanol–water partition coefficient (Wildman–Crippen LogP) is 5.17. The summed E-state index contributed by atoms with van der Waals surface area (Å²) in [4.78, 5) is 31.7. The standard InChI is InChI=1S/C31H26ClN5O2S/c32-22-17-15-21(16-18-22)27-24-13-7-8-14-25(24)34-30(39)28(36-27)37-29(38)26(19-20-9-3-1-4-10-20)35-31(40)33-23-11-5-2-6-12-23/h1-18,26,28H,19H2,(H,34,39)(H,37,38)(H2,33,35,40). The predicted molar refractivity (Wildman–Crippen MR) is 164 cm³/mol. The molecule has 200 valence electrons. The maximum absolute atomic E-state index is 13.7. The van der Waals surface area contributed by atoms with Crippen molar-refractivity contribution >= 4 is 57.8 Å². The molecule has 2 unspecified atom stereocenters. The lowest BCUT2D eigenvalue weighted by atomic mass is 10.0. The third-order valence-corrected chi connectivity index (χ3v) is 6.75. The number of carbonyl (C=O) groups excluding carboxylic acids is 2. The quantitative estimate of drug-likeness (QED) is 0.231. The number of rotatable bonds is 7. The molecule has 4 aromatic carbocycles. The number of nitrogens with one attached hydrogen (secondary N) is 4. The van der Waals surface area contributed by atoms with Gasteiger partial charge in [-0.2, -0.15) is 0 Å². The van der Waals surface area contributed by atoms with Crippen LogP contribution in [0.3, 0.4) is 0 Å². The second-order valence-corrected chi connectivity index (χ2v) is 9.98. The molecule has 40 heavy (non-hydrogen) atoms. The number of nitrogens with zero attached hydrogens (tertiary/aromatic N) is 1. The van der Waals surface area contributed by atoms with Gasteiger partial charge in [-0.3, -0.25) is 9.59 Å². The molecule has 1 heterocycles. The zero-order chi connectivity index (χ0) is 27.9. The van der Waals surface area contributed by atoms with E-state index in [1.807, 2.05) is 91.0 Å². The van der Waals surface area contributed by atoms with Crippen molar-refractivity contribution in [2.24, 2.45) is 4.99 Å². The van der Waals surface area contributed by atoms with Crippen LogP contribution in [0.5, 0.6) is 0 Å². The van der Waals surface area contributed by atoms with Crippen LogP contribution in [0.2, 0.25) is 5.02 Å². The highest BCUT2D eigenvalue weighted by atomic mass is 35.5. The van der Waals surface area contributed by atoms with Crippen LogP contribution in [0, 0.1) is 0 Å². The Balaban J connectivity index is 1.42. The summed E-state index contributed by atoms with van der Waals surface area (Å²) >= 11 is 11.6. The van der Waals surface area contributed by atoms with Crippen molar-refractivity contribution in [1.82, 2.24) is 10.6 Å². The molecule has 4 N–H and O–H groups in total. The summed E-state index contributed by atoms with van der Waals surface area (Å²) in [6.45, 7) is 0. The van der Waals surface area contributed by atoms with Gasteiger partial charge in [0, 0.05) is 28.3 Å². The number of aliphatic imine (C=N–C) groups is 1. The molecule has 0 spiro atoms. The summed E-state index contributed by atoms with van der Waals surface area (Å²) in [6, 6.07) is 32.8. The van der Waals surface area contributed by atoms with Gasteiger partial charge >= 0.3 is 0 Å². The van der Waals surface area contributed by atoms with Gasteiger partial charge in [-0.15, -0.1) is 0 Å². The lowest BCUT2D eigenvalue weighted by Crippen LogP contribution is -2.53. The lowest BCUT2D eigenvalue weighted by Gasteiger charge is -2.22. The Kier molecular flexibility index (Phi) is 8.49. The van der Waals surface area contributed by atoms with Crippen molar-refractivity contribution in [3.05, 3.63) is 131 Å². The van der Waals surface area contributed by atoms with Crippen LogP contribution >= 0.6 is 23.8 Å². The molecule has 5 rings (SSSR count). The number of hydrogen-bond donors (Lipinski definition) is 4. The highest BCUT2D eigenvalue weighted by molar-refractivity contribution is 7.80. The van der Waals surface area contributed by atoms with E-state index in [1.165, 1.54) is 0 Å². The largest absolute Gasteiger partial charge is 0.350 e. The Hall–Kier alpha value is -4.53. The van der Waals surface area contributed by atoms with Crippen LogP contribution in [-0.4, -0.2) is 34.8 Å². The van der Waals surface area contributed by atoms with E-state index in [4.69, 9.17) is 28.8 Å². The molecule has 0 saturated heterocycles. The molecule has 0 aliphatic carbocycles. The van der Waals surface area contributed by atoms with Crippen molar-refractivity contribution in [2.75, 3.05) is 10.6 Å². The summed E-state index contributed by atoms with van der Waals surface area (Å²) in [5.41, 5.74) is 4.38. The third-order valence-electron chi connectivity index (χ3n) is 6.28. The van der Waals surface area contributed by atoms with Gasteiger partial charge in [0.2, 0.25) is 12.1 Å². The second-order valence-electron chi connectivity index (χ2n) is 9.14. The molecule has 0 radical (unpaired) electrons. The molecule has 0 saturated carbocycles. The number of benzodiazepines with no additional fused rings is 1. The summed E-state index contributed by atoms with van der Waals surface area (Å²) in [7, 11) is 0. The molecular formula is C31H26ClN5O2S. The van der Waals surface area contributed by atoms with Crippen molar-refractivity contribution in [3.63, 3.8) is 0 Å². The molecule has 9 heteroatoms. The molecule has 2 atom stereocenters. The number of anilines is 2. The number of thiocarbonyl (C=S) groups is 1. The van der Waals surface area contributed by atoms with Gasteiger partial charge in [-0.05, 0) is 48.1 Å². The van der Waals surface area contributed by atoms with E-state index < -0.39 is 24.0 Å². The molecular weight excluding hydrogens is 542 g/mol. The molecule has 2 amide bonds. The van der Waals surface area contributed by atoms with E-state index in [-0.39, 0.29) is 5.11 Å². The molecule has 7 nitrogen and oxygen atoms in total. The van der Waals surface area contributed by atoms with Crippen molar-refractivity contribution < 1.29 is 9.59 Å². The van der Waals surface area contributed by atoms with Gasteiger partial charge in [0.05, 0.1) is 11.4 Å². The minimum absolute atomic E-state index is 0.283. The smallest absolute Gasteiger partial charge is 0.269 e. The minimum Gasteiger partial charge on any atom is -0.350 e. The first-order valence-electron chi connectivity index (χ1n) is 12.7. The van der Waals surface area contributed by atoms with E-state index in [1.54, 1.807) is 18.2 Å². The number of carbonyl (C=O) groups is 2. The number of amides is 2. The SMILES string of the molecule is O=C(NC1N=C(c2ccc(Cl)cc2)c2ccccc2NC1=O)C(Cc1ccccc1)NC(=S)Nc1ccccc1. The fourth-order valence-electron chi connectivity index (χ4n) is 4.33. The minimum atomic E-state index is -1.18. The summed E-state index contributed by atoms with van der Waals surface area (Å²) in [6.07, 6.45) is -0.840. The Bertz CT molecular complexity index is 1550. The highest BCUT2D eigenvalue weighted by Gasteiger charge is 2.30. The van der Waals surface area contributed by atoms with Crippen LogP contribution in [0.4, 0.5) is 11.4 Å². The van der Waals surface area contributed by atoms with E-state index in [0.717, 1.165) is 22.4 Å². The fraction of sp³-hybridized carbons (Fsp3) is 0.0968. The number of benzene rings is 4. The highest BCUT2D eigenvalue weighted by Crippen LogP contribution is 2.24. The summed E-state index contributed by atoms with van der Waals surface area (Å²) in [5.74, 6) is -0.875. The maximum Gasteiger partial charge on any atom is 0.269 e. The first-order valence-corrected chi connectivity index (χ1v) is 13.5. The van der Waals surface area contributed by atoms with Crippen LogP contribution in [0.1, 0.15) is 16.7 Å². The van der Waals surface area contributed by atoms with Gasteiger partial charge < -0.3 is 21.3 Å². The molecule has 0 bridgehead atoms. The molecule has 0 aromatic heterocycles. The Morgan fingerprint density at radius 2 is 1.55 bits per heavy atom. The van der Waals surface area contributed by atoms with E-state index in [9.17, 15) is 9.59 Å². The molecule has 1 aliphatic rings. The van der Waals surface area contributed by atoms with Crippen LogP contribution in [0.15, 0.2) is 114 Å². The van der Waals surface area contributed by atoms with Crippen LogP contribution < -0.4 is 21.3 Å². The van der Waals surface area contributed by atoms with Gasteiger partial charge in [-0.25, -0.2) is 4.99 Å². The normalized spacial score (nSPS) is 15.0. The third kappa shape index (κ3) is 6.72. The van der Waals surface area contributed by atoms with Crippen LogP contribution in [-0.2, 0) is 16.0 Å². The topological polar surface area (TPSA) is 94.6 Å². The van der Waals surface area contributed by atoms with Crippen molar-refractivity contribution in [2.45, 2.75) is 18.6 Å². The monoisotopic (exact) mass is 567 g/mol. The van der Waals surface area contributed by atoms with Gasteiger partial charge in [-0.1, -0.05) is 90.5 Å². The number of fused-ring (bicyclic) bond motifs is 1. The average molecular weight is 568 g/mol. The van der Waals surface area contributed by atoms with Gasteiger partial charge in [0.25, 0.3) is 5.91 Å². The fourth-order valence-corrected chi connectivity index (χ4v) is 4.72. The van der Waals surface area contributed by atoms with Gasteiger partial charge in [0.15, 0.2) is 5.11 Å².